The van der Waals surface area contributed by atoms with Crippen LogP contribution in [-0.2, 0) is 11.2 Å². The minimum atomic E-state index is 0.0239. The Morgan fingerprint density at radius 1 is 1.00 bits per heavy atom. The van der Waals surface area contributed by atoms with E-state index in [9.17, 15) is 4.79 Å². The first-order chi connectivity index (χ1) is 14.7. The third-order valence-electron chi connectivity index (χ3n) is 6.45. The number of benzene rings is 2. The van der Waals surface area contributed by atoms with Crippen LogP contribution in [0, 0.1) is 0 Å². The highest BCUT2D eigenvalue weighted by molar-refractivity contribution is 5.86. The molecule has 0 bridgehead atoms. The highest BCUT2D eigenvalue weighted by atomic mass is 16.5. The highest BCUT2D eigenvalue weighted by Crippen LogP contribution is 2.34. The Hall–Kier alpha value is -3.08. The number of amides is 1. The molecule has 5 rings (SSSR count). The van der Waals surface area contributed by atoms with Gasteiger partial charge in [0, 0.05) is 31.6 Å². The monoisotopic (exact) mass is 401 g/mol. The number of methoxy groups -OCH3 is 1. The van der Waals surface area contributed by atoms with Gasteiger partial charge in [0.2, 0.25) is 5.91 Å². The fraction of sp³-hybridized carbons (Fsp3) is 0.360. The van der Waals surface area contributed by atoms with Crippen LogP contribution >= 0.6 is 0 Å². The van der Waals surface area contributed by atoms with E-state index in [0.29, 0.717) is 0 Å². The summed E-state index contributed by atoms with van der Waals surface area (Å²) in [6.07, 6.45) is 2.89. The summed E-state index contributed by atoms with van der Waals surface area (Å²) in [5, 5.41) is 1.07. The lowest BCUT2D eigenvalue weighted by atomic mass is 10.00. The predicted molar refractivity (Wildman–Crippen MR) is 119 cm³/mol. The zero-order valence-corrected chi connectivity index (χ0v) is 17.4. The van der Waals surface area contributed by atoms with Crippen molar-refractivity contribution in [2.75, 3.05) is 38.2 Å². The highest BCUT2D eigenvalue weighted by Gasteiger charge is 2.32. The fourth-order valence-corrected chi connectivity index (χ4v) is 4.85. The van der Waals surface area contributed by atoms with Crippen molar-refractivity contribution in [3.05, 3.63) is 65.7 Å². The first-order valence-corrected chi connectivity index (χ1v) is 10.8. The summed E-state index contributed by atoms with van der Waals surface area (Å²) in [4.78, 5) is 22.5. The van der Waals surface area contributed by atoms with Crippen molar-refractivity contribution in [3.63, 3.8) is 0 Å². The Bertz CT molecular complexity index is 1080. The molecule has 2 heterocycles. The van der Waals surface area contributed by atoms with Gasteiger partial charge in [-0.25, -0.2) is 4.98 Å². The van der Waals surface area contributed by atoms with Gasteiger partial charge in [0.05, 0.1) is 13.0 Å². The van der Waals surface area contributed by atoms with Gasteiger partial charge in [-0.2, -0.15) is 0 Å². The second-order valence-corrected chi connectivity index (χ2v) is 8.16. The van der Waals surface area contributed by atoms with Crippen molar-refractivity contribution < 1.29 is 9.53 Å². The molecular weight excluding hydrogens is 374 g/mol. The summed E-state index contributed by atoms with van der Waals surface area (Å²) in [7, 11) is 1.68. The molecule has 1 unspecified atom stereocenters. The molecular formula is C25H27N3O2. The van der Waals surface area contributed by atoms with Crippen LogP contribution in [0.25, 0.3) is 10.9 Å². The van der Waals surface area contributed by atoms with E-state index in [1.54, 1.807) is 7.11 Å². The lowest BCUT2D eigenvalue weighted by Gasteiger charge is -2.25. The normalized spacial score (nSPS) is 18.9. The first-order valence-electron chi connectivity index (χ1n) is 10.8. The lowest BCUT2D eigenvalue weighted by molar-refractivity contribution is -0.132. The molecule has 1 saturated heterocycles. The summed E-state index contributed by atoms with van der Waals surface area (Å²) >= 11 is 0. The average Bonchev–Trinajstić information content (AvgIpc) is 3.07. The molecule has 2 aliphatic rings. The van der Waals surface area contributed by atoms with E-state index < -0.39 is 0 Å². The van der Waals surface area contributed by atoms with Gasteiger partial charge in [-0.05, 0) is 48.6 Å². The zero-order chi connectivity index (χ0) is 20.5. The lowest BCUT2D eigenvalue weighted by Crippen LogP contribution is -2.37. The van der Waals surface area contributed by atoms with E-state index in [2.05, 4.69) is 46.2 Å². The molecule has 5 nitrogen and oxygen atoms in total. The van der Waals surface area contributed by atoms with Gasteiger partial charge in [0.25, 0.3) is 0 Å². The second-order valence-electron chi connectivity index (χ2n) is 8.16. The summed E-state index contributed by atoms with van der Waals surface area (Å²) in [5.74, 6) is 2.05. The number of fused-ring (bicyclic) bond motifs is 2. The molecule has 2 aromatic carbocycles. The number of hydrogen-bond donors (Lipinski definition) is 0. The molecule has 0 N–H and O–H groups in total. The molecule has 1 aliphatic carbocycles. The number of nitrogens with zero attached hydrogens (tertiary/aromatic N) is 3. The summed E-state index contributed by atoms with van der Waals surface area (Å²) in [6, 6.07) is 18.6. The van der Waals surface area contributed by atoms with Crippen LogP contribution in [0.3, 0.4) is 0 Å². The Morgan fingerprint density at radius 3 is 2.80 bits per heavy atom. The molecule has 1 atom stereocenters. The van der Waals surface area contributed by atoms with Gasteiger partial charge in [-0.15, -0.1) is 0 Å². The van der Waals surface area contributed by atoms with Crippen molar-refractivity contribution in [3.8, 4) is 5.75 Å². The van der Waals surface area contributed by atoms with E-state index in [1.165, 1.54) is 11.1 Å². The smallest absolute Gasteiger partial charge is 0.230 e. The third kappa shape index (κ3) is 3.38. The van der Waals surface area contributed by atoms with Gasteiger partial charge in [-0.3, -0.25) is 4.79 Å². The van der Waals surface area contributed by atoms with E-state index in [-0.39, 0.29) is 11.8 Å². The quantitative estimate of drug-likeness (QED) is 0.665. The number of para-hydroxylation sites is 1. The van der Waals surface area contributed by atoms with E-state index in [1.807, 2.05) is 18.2 Å². The Labute approximate surface area is 177 Å². The Kier molecular flexibility index (Phi) is 5.03. The number of ether oxygens (including phenoxy) is 1. The number of carbonyl (C=O) groups excluding carboxylic acids is 1. The maximum atomic E-state index is 13.3. The fourth-order valence-electron chi connectivity index (χ4n) is 4.85. The number of pyridine rings is 1. The maximum absolute atomic E-state index is 13.3. The van der Waals surface area contributed by atoms with Crippen LogP contribution in [0.1, 0.15) is 29.9 Å². The molecule has 0 saturated carbocycles. The molecule has 3 aromatic rings. The summed E-state index contributed by atoms with van der Waals surface area (Å²) < 4.78 is 5.49. The van der Waals surface area contributed by atoms with Crippen LogP contribution in [0.2, 0.25) is 0 Å². The number of carbonyl (C=O) groups is 1. The molecule has 154 valence electrons. The Morgan fingerprint density at radius 2 is 1.90 bits per heavy atom. The number of hydrogen-bond acceptors (Lipinski definition) is 4. The predicted octanol–water partition coefficient (Wildman–Crippen LogP) is 4.01. The van der Waals surface area contributed by atoms with Crippen LogP contribution in [0.5, 0.6) is 5.75 Å². The molecule has 0 radical (unpaired) electrons. The number of aryl methyl sites for hydroxylation is 1. The maximum Gasteiger partial charge on any atom is 0.230 e. The standard InChI is InChI=1S/C25H27N3O2/c1-30-22-9-4-7-19-11-13-23(26-24(19)22)27-14-5-15-28(17-16-27)25(29)21-12-10-18-6-2-3-8-20(18)21/h2-4,6-9,11,13,21H,5,10,12,14-17H2,1H3. The third-order valence-corrected chi connectivity index (χ3v) is 6.45. The van der Waals surface area contributed by atoms with E-state index in [0.717, 1.165) is 67.9 Å². The number of rotatable bonds is 3. The molecule has 5 heteroatoms. The van der Waals surface area contributed by atoms with Gasteiger partial charge < -0.3 is 14.5 Å². The van der Waals surface area contributed by atoms with Crippen molar-refractivity contribution in [2.45, 2.75) is 25.2 Å². The zero-order valence-electron chi connectivity index (χ0n) is 17.4. The molecule has 1 amide bonds. The SMILES string of the molecule is COc1cccc2ccc(N3CCCN(C(=O)C4CCc5ccccc54)CC3)nc12. The molecule has 1 aromatic heterocycles. The topological polar surface area (TPSA) is 45.7 Å². The van der Waals surface area contributed by atoms with Crippen LogP contribution in [0.4, 0.5) is 5.82 Å². The molecule has 1 aliphatic heterocycles. The van der Waals surface area contributed by atoms with Gasteiger partial charge in [-0.1, -0.05) is 36.4 Å². The van der Waals surface area contributed by atoms with Gasteiger partial charge in [0.1, 0.15) is 17.1 Å². The van der Waals surface area contributed by atoms with Gasteiger partial charge in [0.15, 0.2) is 0 Å². The largest absolute Gasteiger partial charge is 0.494 e. The minimum Gasteiger partial charge on any atom is -0.494 e. The van der Waals surface area contributed by atoms with Crippen molar-refractivity contribution in [2.24, 2.45) is 0 Å². The molecule has 30 heavy (non-hydrogen) atoms. The van der Waals surface area contributed by atoms with Crippen molar-refractivity contribution >= 4 is 22.6 Å². The second kappa shape index (κ2) is 7.98. The minimum absolute atomic E-state index is 0.0239. The Balaban J connectivity index is 1.32. The van der Waals surface area contributed by atoms with Gasteiger partial charge >= 0.3 is 0 Å². The van der Waals surface area contributed by atoms with Crippen LogP contribution in [0.15, 0.2) is 54.6 Å². The van der Waals surface area contributed by atoms with Crippen molar-refractivity contribution in [1.82, 2.24) is 9.88 Å². The summed E-state index contributed by atoms with van der Waals surface area (Å²) in [5.41, 5.74) is 3.45. The molecule has 1 fully saturated rings. The van der Waals surface area contributed by atoms with Crippen LogP contribution < -0.4 is 9.64 Å². The number of aromatic nitrogens is 1. The summed E-state index contributed by atoms with van der Waals surface area (Å²) in [6.45, 7) is 3.25. The molecule has 0 spiro atoms. The first kappa shape index (κ1) is 18.9. The van der Waals surface area contributed by atoms with Crippen molar-refractivity contribution in [1.29, 1.82) is 0 Å². The average molecular weight is 402 g/mol. The van der Waals surface area contributed by atoms with E-state index in [4.69, 9.17) is 9.72 Å². The van der Waals surface area contributed by atoms with Crippen LogP contribution in [-0.4, -0.2) is 49.1 Å². The number of anilines is 1. The van der Waals surface area contributed by atoms with E-state index >= 15 is 0 Å².